The van der Waals surface area contributed by atoms with Crippen molar-refractivity contribution in [2.45, 2.75) is 32.1 Å². The summed E-state index contributed by atoms with van der Waals surface area (Å²) in [6, 6.07) is 14.9. The standard InChI is InChI=1S/C21H23N3O4S/c25-20(12-11-17-14-16-7-1-3-9-18(16)22-21(17)26)23-29(27,28)24-13-5-8-15-6-2-4-10-19(15)24/h1-4,6-7,9-10,17H,5,8,11-14H2,(H,22,26)(H,23,25). The fourth-order valence-corrected chi connectivity index (χ4v) is 5.26. The van der Waals surface area contributed by atoms with Crippen LogP contribution in [0.25, 0.3) is 0 Å². The highest BCUT2D eigenvalue weighted by Crippen LogP contribution is 2.29. The van der Waals surface area contributed by atoms with Crippen LogP contribution in [0.5, 0.6) is 0 Å². The van der Waals surface area contributed by atoms with Crippen LogP contribution in [0.15, 0.2) is 48.5 Å². The Morgan fingerprint density at radius 3 is 2.66 bits per heavy atom. The Labute approximate surface area is 170 Å². The average Bonchev–Trinajstić information content (AvgIpc) is 2.71. The summed E-state index contributed by atoms with van der Waals surface area (Å²) in [4.78, 5) is 24.6. The molecule has 0 bridgehead atoms. The Bertz CT molecular complexity index is 1050. The van der Waals surface area contributed by atoms with Crippen LogP contribution < -0.4 is 14.3 Å². The third-order valence-electron chi connectivity index (χ3n) is 5.43. The number of nitrogens with one attached hydrogen (secondary N) is 2. The molecule has 2 N–H and O–H groups in total. The zero-order valence-electron chi connectivity index (χ0n) is 15.9. The molecule has 0 fully saturated rings. The summed E-state index contributed by atoms with van der Waals surface area (Å²) in [6.45, 7) is 0.335. The molecule has 1 atom stereocenters. The molecule has 2 aromatic carbocycles. The number of fused-ring (bicyclic) bond motifs is 2. The Morgan fingerprint density at radius 2 is 1.83 bits per heavy atom. The van der Waals surface area contributed by atoms with Crippen molar-refractivity contribution in [3.05, 3.63) is 59.7 Å². The van der Waals surface area contributed by atoms with Gasteiger partial charge in [0, 0.05) is 24.6 Å². The molecule has 8 heteroatoms. The second kappa shape index (κ2) is 7.87. The van der Waals surface area contributed by atoms with Gasteiger partial charge in [-0.2, -0.15) is 8.42 Å². The number of carbonyl (C=O) groups excluding carboxylic acids is 2. The summed E-state index contributed by atoms with van der Waals surface area (Å²) in [7, 11) is -3.98. The highest BCUT2D eigenvalue weighted by atomic mass is 32.2. The van der Waals surface area contributed by atoms with E-state index < -0.39 is 16.1 Å². The van der Waals surface area contributed by atoms with Gasteiger partial charge in [0.05, 0.1) is 5.69 Å². The minimum absolute atomic E-state index is 0.0328. The van der Waals surface area contributed by atoms with E-state index in [0.29, 0.717) is 25.1 Å². The molecule has 0 aromatic heterocycles. The van der Waals surface area contributed by atoms with Gasteiger partial charge in [-0.25, -0.2) is 4.72 Å². The normalized spacial score (nSPS) is 18.4. The Hall–Kier alpha value is -2.87. The molecule has 0 spiro atoms. The van der Waals surface area contributed by atoms with Crippen LogP contribution in [0.3, 0.4) is 0 Å². The van der Waals surface area contributed by atoms with Crippen LogP contribution >= 0.6 is 0 Å². The summed E-state index contributed by atoms with van der Waals surface area (Å²) < 4.78 is 28.9. The fraction of sp³-hybridized carbons (Fsp3) is 0.333. The van der Waals surface area contributed by atoms with Crippen molar-refractivity contribution >= 4 is 33.4 Å². The summed E-state index contributed by atoms with van der Waals surface area (Å²) >= 11 is 0. The Kier molecular flexibility index (Phi) is 5.27. The number of anilines is 2. The number of rotatable bonds is 5. The summed E-state index contributed by atoms with van der Waals surface area (Å²) in [5.74, 6) is -1.09. The molecule has 7 nitrogen and oxygen atoms in total. The first-order chi connectivity index (χ1) is 13.9. The summed E-state index contributed by atoms with van der Waals surface area (Å²) in [5.41, 5.74) is 3.39. The van der Waals surface area contributed by atoms with E-state index in [2.05, 4.69) is 10.0 Å². The predicted octanol–water partition coefficient (Wildman–Crippen LogP) is 2.39. The van der Waals surface area contributed by atoms with Crippen LogP contribution in [0, 0.1) is 5.92 Å². The first kappa shape index (κ1) is 19.4. The highest BCUT2D eigenvalue weighted by molar-refractivity contribution is 7.91. The predicted molar refractivity (Wildman–Crippen MR) is 111 cm³/mol. The zero-order valence-corrected chi connectivity index (χ0v) is 16.7. The van der Waals surface area contributed by atoms with Crippen LogP contribution in [-0.4, -0.2) is 26.8 Å². The van der Waals surface area contributed by atoms with Gasteiger partial charge in [0.2, 0.25) is 11.8 Å². The topological polar surface area (TPSA) is 95.6 Å². The van der Waals surface area contributed by atoms with Crippen molar-refractivity contribution in [3.8, 4) is 0 Å². The third-order valence-corrected chi connectivity index (χ3v) is 6.88. The van der Waals surface area contributed by atoms with Crippen molar-refractivity contribution in [3.63, 3.8) is 0 Å². The molecular formula is C21H23N3O4S. The van der Waals surface area contributed by atoms with Gasteiger partial charge in [0.1, 0.15) is 0 Å². The van der Waals surface area contributed by atoms with Crippen LogP contribution in [0.4, 0.5) is 11.4 Å². The van der Waals surface area contributed by atoms with Crippen molar-refractivity contribution in [2.75, 3.05) is 16.2 Å². The van der Waals surface area contributed by atoms with Crippen LogP contribution in [0.1, 0.15) is 30.4 Å². The maximum absolute atomic E-state index is 12.8. The smallest absolute Gasteiger partial charge is 0.326 e. The molecule has 1 unspecified atom stereocenters. The molecule has 0 saturated heterocycles. The molecule has 2 aliphatic heterocycles. The molecule has 2 aliphatic rings. The molecular weight excluding hydrogens is 390 g/mol. The lowest BCUT2D eigenvalue weighted by molar-refractivity contribution is -0.121. The lowest BCUT2D eigenvalue weighted by atomic mass is 9.90. The number of hydrogen-bond donors (Lipinski definition) is 2. The number of nitrogens with zero attached hydrogens (tertiary/aromatic N) is 1. The van der Waals surface area contributed by atoms with E-state index in [-0.39, 0.29) is 24.7 Å². The number of carbonyl (C=O) groups is 2. The van der Waals surface area contributed by atoms with E-state index in [1.165, 1.54) is 4.31 Å². The van der Waals surface area contributed by atoms with Crippen molar-refractivity contribution in [1.29, 1.82) is 0 Å². The lowest BCUT2D eigenvalue weighted by Gasteiger charge is -2.30. The lowest BCUT2D eigenvalue weighted by Crippen LogP contribution is -2.46. The molecule has 2 amide bonds. The van der Waals surface area contributed by atoms with Gasteiger partial charge in [-0.3, -0.25) is 13.9 Å². The van der Waals surface area contributed by atoms with Gasteiger partial charge in [0.25, 0.3) is 0 Å². The molecule has 2 aromatic rings. The van der Waals surface area contributed by atoms with Crippen molar-refractivity contribution in [1.82, 2.24) is 4.72 Å². The molecule has 0 saturated carbocycles. The SMILES string of the molecule is O=C(CCC1Cc2ccccc2NC1=O)NS(=O)(=O)N1CCCc2ccccc21. The third kappa shape index (κ3) is 4.12. The molecule has 29 heavy (non-hydrogen) atoms. The van der Waals surface area contributed by atoms with E-state index in [1.807, 2.05) is 36.4 Å². The van der Waals surface area contributed by atoms with Gasteiger partial charge < -0.3 is 5.32 Å². The number of amides is 2. The average molecular weight is 413 g/mol. The van der Waals surface area contributed by atoms with Crippen LogP contribution in [0.2, 0.25) is 0 Å². The first-order valence-corrected chi connectivity index (χ1v) is 11.2. The van der Waals surface area contributed by atoms with E-state index in [1.54, 1.807) is 12.1 Å². The molecule has 0 aliphatic carbocycles. The largest absolute Gasteiger partial charge is 0.326 e. The summed E-state index contributed by atoms with van der Waals surface area (Å²) in [6.07, 6.45) is 2.32. The Balaban J connectivity index is 1.38. The quantitative estimate of drug-likeness (QED) is 0.787. The molecule has 152 valence electrons. The van der Waals surface area contributed by atoms with Gasteiger partial charge in [0.15, 0.2) is 0 Å². The van der Waals surface area contributed by atoms with E-state index >= 15 is 0 Å². The minimum Gasteiger partial charge on any atom is -0.326 e. The maximum Gasteiger partial charge on any atom is 0.326 e. The molecule has 0 radical (unpaired) electrons. The minimum atomic E-state index is -3.98. The number of para-hydroxylation sites is 2. The van der Waals surface area contributed by atoms with Gasteiger partial charge in [-0.1, -0.05) is 36.4 Å². The summed E-state index contributed by atoms with van der Waals surface area (Å²) in [5, 5.41) is 2.85. The van der Waals surface area contributed by atoms with Crippen molar-refractivity contribution < 1.29 is 18.0 Å². The monoisotopic (exact) mass is 413 g/mol. The van der Waals surface area contributed by atoms with Gasteiger partial charge in [-0.05, 0) is 48.9 Å². The van der Waals surface area contributed by atoms with Crippen molar-refractivity contribution in [2.24, 2.45) is 5.92 Å². The number of aryl methyl sites for hydroxylation is 1. The second-order valence-corrected chi connectivity index (χ2v) is 9.02. The second-order valence-electron chi connectivity index (χ2n) is 7.42. The van der Waals surface area contributed by atoms with E-state index in [0.717, 1.165) is 23.2 Å². The van der Waals surface area contributed by atoms with E-state index in [4.69, 9.17) is 0 Å². The Morgan fingerprint density at radius 1 is 1.10 bits per heavy atom. The first-order valence-electron chi connectivity index (χ1n) is 9.74. The number of hydrogen-bond acceptors (Lipinski definition) is 4. The highest BCUT2D eigenvalue weighted by Gasteiger charge is 2.30. The maximum atomic E-state index is 12.8. The molecule has 2 heterocycles. The van der Waals surface area contributed by atoms with Crippen LogP contribution in [-0.2, 0) is 32.6 Å². The van der Waals surface area contributed by atoms with E-state index in [9.17, 15) is 18.0 Å². The van der Waals surface area contributed by atoms with Gasteiger partial charge >= 0.3 is 10.2 Å². The fourth-order valence-electron chi connectivity index (χ4n) is 3.95. The number of benzene rings is 2. The molecule has 4 rings (SSSR count). The van der Waals surface area contributed by atoms with Gasteiger partial charge in [-0.15, -0.1) is 0 Å². The zero-order chi connectivity index (χ0) is 20.4.